The van der Waals surface area contributed by atoms with Gasteiger partial charge in [-0.3, -0.25) is 0 Å². The van der Waals surface area contributed by atoms with Crippen molar-refractivity contribution in [3.63, 3.8) is 0 Å². The third kappa shape index (κ3) is 3.20. The van der Waals surface area contributed by atoms with Gasteiger partial charge in [-0.05, 0) is 53.1 Å². The summed E-state index contributed by atoms with van der Waals surface area (Å²) in [6, 6.07) is 16.5. The van der Waals surface area contributed by atoms with Crippen molar-refractivity contribution < 1.29 is 0 Å². The molecule has 0 spiro atoms. The van der Waals surface area contributed by atoms with Crippen LogP contribution in [0.25, 0.3) is 5.69 Å². The first-order valence-electron chi connectivity index (χ1n) is 7.33. The van der Waals surface area contributed by atoms with Crippen molar-refractivity contribution in [1.29, 1.82) is 0 Å². The van der Waals surface area contributed by atoms with Gasteiger partial charge in [0.1, 0.15) is 0 Å². The number of tetrazole rings is 1. The van der Waals surface area contributed by atoms with Crippen molar-refractivity contribution in [3.8, 4) is 5.69 Å². The molecule has 0 atom stereocenters. The van der Waals surface area contributed by atoms with Crippen LogP contribution in [0.1, 0.15) is 22.5 Å². The van der Waals surface area contributed by atoms with Crippen LogP contribution in [0.4, 0.5) is 0 Å². The highest BCUT2D eigenvalue weighted by molar-refractivity contribution is 5.39. The molecule has 0 saturated heterocycles. The maximum Gasteiger partial charge on any atom is 0.170 e. The molecular weight excluding hydrogens is 274 g/mol. The molecule has 1 aromatic heterocycles. The van der Waals surface area contributed by atoms with Crippen molar-refractivity contribution in [3.05, 3.63) is 71.0 Å². The van der Waals surface area contributed by atoms with E-state index in [1.54, 1.807) is 4.68 Å². The van der Waals surface area contributed by atoms with Crippen LogP contribution < -0.4 is 5.32 Å². The lowest BCUT2D eigenvalue weighted by molar-refractivity contribution is 0.641. The topological polar surface area (TPSA) is 55.6 Å². The van der Waals surface area contributed by atoms with E-state index in [1.165, 1.54) is 16.7 Å². The van der Waals surface area contributed by atoms with E-state index >= 15 is 0 Å². The molecule has 3 aromatic rings. The zero-order valence-electron chi connectivity index (χ0n) is 12.8. The monoisotopic (exact) mass is 293 g/mol. The van der Waals surface area contributed by atoms with Crippen LogP contribution in [-0.2, 0) is 13.1 Å². The molecule has 0 aliphatic rings. The smallest absolute Gasteiger partial charge is 0.170 e. The zero-order valence-corrected chi connectivity index (χ0v) is 12.8. The van der Waals surface area contributed by atoms with Crippen molar-refractivity contribution in [1.82, 2.24) is 25.5 Å². The van der Waals surface area contributed by atoms with E-state index in [4.69, 9.17) is 0 Å². The lowest BCUT2D eigenvalue weighted by Gasteiger charge is -2.08. The van der Waals surface area contributed by atoms with Crippen molar-refractivity contribution in [2.24, 2.45) is 0 Å². The highest BCUT2D eigenvalue weighted by Crippen LogP contribution is 2.14. The van der Waals surface area contributed by atoms with Crippen molar-refractivity contribution >= 4 is 0 Å². The molecule has 0 aliphatic heterocycles. The first kappa shape index (κ1) is 14.4. The molecule has 0 radical (unpaired) electrons. The normalized spacial score (nSPS) is 10.8. The number of aromatic nitrogens is 4. The van der Waals surface area contributed by atoms with Gasteiger partial charge in [-0.1, -0.05) is 36.4 Å². The van der Waals surface area contributed by atoms with Gasteiger partial charge in [-0.25, -0.2) is 0 Å². The molecule has 1 heterocycles. The Morgan fingerprint density at radius 1 is 0.955 bits per heavy atom. The average molecular weight is 293 g/mol. The van der Waals surface area contributed by atoms with Crippen LogP contribution in [-0.4, -0.2) is 20.2 Å². The summed E-state index contributed by atoms with van der Waals surface area (Å²) in [5.41, 5.74) is 4.73. The summed E-state index contributed by atoms with van der Waals surface area (Å²) in [6.45, 7) is 5.60. The van der Waals surface area contributed by atoms with Crippen LogP contribution in [0.2, 0.25) is 0 Å². The minimum Gasteiger partial charge on any atom is -0.306 e. The minimum atomic E-state index is 0.620. The first-order chi connectivity index (χ1) is 10.7. The number of hydrogen-bond donors (Lipinski definition) is 1. The van der Waals surface area contributed by atoms with Gasteiger partial charge in [0.2, 0.25) is 0 Å². The summed E-state index contributed by atoms with van der Waals surface area (Å²) >= 11 is 0. The van der Waals surface area contributed by atoms with E-state index in [0.717, 1.165) is 18.1 Å². The van der Waals surface area contributed by atoms with Gasteiger partial charge in [0, 0.05) is 6.54 Å². The van der Waals surface area contributed by atoms with E-state index < -0.39 is 0 Å². The maximum absolute atomic E-state index is 4.12. The predicted molar refractivity (Wildman–Crippen MR) is 85.6 cm³/mol. The van der Waals surface area contributed by atoms with Crippen molar-refractivity contribution in [2.45, 2.75) is 26.9 Å². The van der Waals surface area contributed by atoms with Crippen LogP contribution in [0.5, 0.6) is 0 Å². The highest BCUT2D eigenvalue weighted by Gasteiger charge is 2.08. The lowest BCUT2D eigenvalue weighted by Crippen LogP contribution is -2.16. The van der Waals surface area contributed by atoms with Gasteiger partial charge in [0.05, 0.1) is 12.2 Å². The summed E-state index contributed by atoms with van der Waals surface area (Å²) in [4.78, 5) is 0. The molecule has 5 nitrogen and oxygen atoms in total. The second-order valence-electron chi connectivity index (χ2n) is 5.36. The number of hydrogen-bond acceptors (Lipinski definition) is 4. The summed E-state index contributed by atoms with van der Waals surface area (Å²) in [5, 5.41) is 15.4. The van der Waals surface area contributed by atoms with Gasteiger partial charge in [-0.15, -0.1) is 5.10 Å². The number of benzene rings is 2. The Morgan fingerprint density at radius 2 is 1.77 bits per heavy atom. The van der Waals surface area contributed by atoms with Gasteiger partial charge in [-0.2, -0.15) is 4.68 Å². The quantitative estimate of drug-likeness (QED) is 0.785. The Morgan fingerprint density at radius 3 is 2.55 bits per heavy atom. The molecule has 0 bridgehead atoms. The molecule has 0 saturated carbocycles. The van der Waals surface area contributed by atoms with Gasteiger partial charge in [0.15, 0.2) is 5.82 Å². The maximum atomic E-state index is 4.12. The molecule has 0 fully saturated rings. The Bertz CT molecular complexity index is 749. The Balaban J connectivity index is 1.71. The van der Waals surface area contributed by atoms with E-state index in [0.29, 0.717) is 6.54 Å². The fraction of sp³-hybridized carbons (Fsp3) is 0.235. The molecule has 1 N–H and O–H groups in total. The number of nitrogens with zero attached hydrogens (tertiary/aromatic N) is 4. The molecule has 0 aliphatic carbocycles. The Hall–Kier alpha value is -2.53. The lowest BCUT2D eigenvalue weighted by atomic mass is 10.1. The summed E-state index contributed by atoms with van der Waals surface area (Å²) in [7, 11) is 0. The van der Waals surface area contributed by atoms with E-state index in [9.17, 15) is 0 Å². The third-order valence-electron chi connectivity index (χ3n) is 3.72. The average Bonchev–Trinajstić information content (AvgIpc) is 3.00. The molecular formula is C17H19N5. The highest BCUT2D eigenvalue weighted by atomic mass is 15.5. The molecule has 22 heavy (non-hydrogen) atoms. The number of rotatable bonds is 5. The standard InChI is InChI=1S/C17H19N5/c1-13-8-9-16(10-14(13)2)22-17(19-20-21-22)12-18-11-15-6-4-3-5-7-15/h3-10,18H,11-12H2,1-2H3. The van der Waals surface area contributed by atoms with Gasteiger partial charge >= 0.3 is 0 Å². The van der Waals surface area contributed by atoms with Crippen LogP contribution in [0.15, 0.2) is 48.5 Å². The Kier molecular flexibility index (Phi) is 4.25. The SMILES string of the molecule is Cc1ccc(-n2nnnc2CNCc2ccccc2)cc1C. The van der Waals surface area contributed by atoms with Gasteiger partial charge in [0.25, 0.3) is 0 Å². The van der Waals surface area contributed by atoms with Crippen LogP contribution in [0, 0.1) is 13.8 Å². The van der Waals surface area contributed by atoms with Crippen LogP contribution >= 0.6 is 0 Å². The van der Waals surface area contributed by atoms with E-state index in [2.05, 4.69) is 59.0 Å². The predicted octanol–water partition coefficient (Wildman–Crippen LogP) is 2.57. The fourth-order valence-corrected chi connectivity index (χ4v) is 2.29. The Labute approximate surface area is 130 Å². The van der Waals surface area contributed by atoms with Crippen LogP contribution in [0.3, 0.4) is 0 Å². The summed E-state index contributed by atoms with van der Waals surface area (Å²) in [6.07, 6.45) is 0. The molecule has 0 amide bonds. The zero-order chi connectivity index (χ0) is 15.4. The van der Waals surface area contributed by atoms with E-state index in [-0.39, 0.29) is 0 Å². The van der Waals surface area contributed by atoms with Gasteiger partial charge < -0.3 is 5.32 Å². The van der Waals surface area contributed by atoms with E-state index in [1.807, 2.05) is 24.3 Å². The number of nitrogens with one attached hydrogen (secondary N) is 1. The third-order valence-corrected chi connectivity index (χ3v) is 3.72. The minimum absolute atomic E-state index is 0.620. The molecule has 5 heteroatoms. The fourth-order valence-electron chi connectivity index (χ4n) is 2.29. The number of aryl methyl sites for hydroxylation is 2. The second-order valence-corrected chi connectivity index (χ2v) is 5.36. The molecule has 2 aromatic carbocycles. The summed E-state index contributed by atoms with van der Waals surface area (Å²) in [5.74, 6) is 0.805. The summed E-state index contributed by atoms with van der Waals surface area (Å²) < 4.78 is 1.78. The van der Waals surface area contributed by atoms with Crippen molar-refractivity contribution in [2.75, 3.05) is 0 Å². The molecule has 3 rings (SSSR count). The molecule has 112 valence electrons. The second kappa shape index (κ2) is 6.49. The first-order valence-corrected chi connectivity index (χ1v) is 7.33. The molecule has 0 unspecified atom stereocenters. The largest absolute Gasteiger partial charge is 0.306 e.